The molecular formula is C17H26N2O3. The smallest absolute Gasteiger partial charge is 0.240 e. The van der Waals surface area contributed by atoms with Crippen LogP contribution in [0.3, 0.4) is 0 Å². The first-order valence-electron chi connectivity index (χ1n) is 8.48. The molecule has 0 aliphatic heterocycles. The largest absolute Gasteiger partial charge is 0.368 e. The molecular weight excluding hydrogens is 280 g/mol. The van der Waals surface area contributed by atoms with Crippen LogP contribution in [0.4, 0.5) is 0 Å². The normalized spacial score (nSPS) is 36.9. The van der Waals surface area contributed by atoms with Crippen LogP contribution in [-0.4, -0.2) is 23.6 Å². The van der Waals surface area contributed by atoms with Crippen molar-refractivity contribution in [2.24, 2.45) is 28.9 Å². The maximum atomic E-state index is 12.9. The fourth-order valence-corrected chi connectivity index (χ4v) is 5.33. The fourth-order valence-electron chi connectivity index (χ4n) is 5.33. The van der Waals surface area contributed by atoms with Gasteiger partial charge in [0.1, 0.15) is 11.8 Å². The van der Waals surface area contributed by atoms with Crippen molar-refractivity contribution in [3.05, 3.63) is 0 Å². The first-order chi connectivity index (χ1) is 10.4. The summed E-state index contributed by atoms with van der Waals surface area (Å²) in [6.45, 7) is 1.49. The average Bonchev–Trinajstić information content (AvgIpc) is 2.41. The Kier molecular flexibility index (Phi) is 4.00. The molecule has 0 spiro atoms. The van der Waals surface area contributed by atoms with Crippen molar-refractivity contribution in [2.75, 3.05) is 0 Å². The van der Waals surface area contributed by atoms with Gasteiger partial charge in [0.25, 0.3) is 0 Å². The van der Waals surface area contributed by atoms with Crippen LogP contribution in [0.5, 0.6) is 0 Å². The van der Waals surface area contributed by atoms with Gasteiger partial charge in [-0.15, -0.1) is 0 Å². The zero-order chi connectivity index (χ0) is 15.9. The molecule has 4 bridgehead atoms. The molecule has 0 aromatic heterocycles. The zero-order valence-corrected chi connectivity index (χ0v) is 13.3. The third-order valence-electron chi connectivity index (χ3n) is 5.95. The number of nitrogens with two attached hydrogens (primary N) is 1. The van der Waals surface area contributed by atoms with Gasteiger partial charge in [0.15, 0.2) is 0 Å². The summed E-state index contributed by atoms with van der Waals surface area (Å²) in [7, 11) is 0. The molecule has 0 unspecified atom stereocenters. The van der Waals surface area contributed by atoms with Crippen molar-refractivity contribution in [2.45, 2.75) is 64.3 Å². The topological polar surface area (TPSA) is 89.3 Å². The second-order valence-corrected chi connectivity index (χ2v) is 7.87. The molecule has 2 amide bonds. The quantitative estimate of drug-likeness (QED) is 0.780. The van der Waals surface area contributed by atoms with E-state index in [4.69, 9.17) is 5.73 Å². The Bertz CT molecular complexity index is 465. The lowest BCUT2D eigenvalue weighted by Crippen LogP contribution is -2.57. The molecule has 3 N–H and O–H groups in total. The van der Waals surface area contributed by atoms with E-state index in [0.29, 0.717) is 24.2 Å². The van der Waals surface area contributed by atoms with Crippen LogP contribution < -0.4 is 11.1 Å². The second kappa shape index (κ2) is 5.67. The molecule has 0 heterocycles. The minimum absolute atomic E-state index is 0.000970. The number of ketones is 1. The van der Waals surface area contributed by atoms with Crippen molar-refractivity contribution >= 4 is 17.6 Å². The summed E-state index contributed by atoms with van der Waals surface area (Å²) < 4.78 is 0. The van der Waals surface area contributed by atoms with Crippen molar-refractivity contribution in [1.82, 2.24) is 5.32 Å². The Morgan fingerprint density at radius 2 is 1.59 bits per heavy atom. The molecule has 4 saturated carbocycles. The minimum atomic E-state index is -0.718. The van der Waals surface area contributed by atoms with Gasteiger partial charge in [-0.25, -0.2) is 0 Å². The number of hydrogen-bond acceptors (Lipinski definition) is 3. The van der Waals surface area contributed by atoms with Crippen LogP contribution in [0.1, 0.15) is 58.3 Å². The van der Waals surface area contributed by atoms with Gasteiger partial charge >= 0.3 is 0 Å². The highest BCUT2D eigenvalue weighted by Gasteiger charge is 2.54. The molecule has 0 radical (unpaired) electrons. The van der Waals surface area contributed by atoms with E-state index in [1.165, 1.54) is 26.2 Å². The molecule has 5 nitrogen and oxygen atoms in total. The summed E-state index contributed by atoms with van der Waals surface area (Å²) in [6, 6.07) is -0.718. The standard InChI is InChI=1S/C17H26N2O3/c1-10(20)2-3-14(15(18)21)19-16(22)17-7-11-4-12(8-17)6-13(5-11)9-17/h11-14H,2-9H2,1H3,(H2,18,21)(H,19,22)/t11?,12?,13?,14-,17?/m1/s1. The maximum Gasteiger partial charge on any atom is 0.240 e. The van der Waals surface area contributed by atoms with Crippen LogP contribution in [0.2, 0.25) is 0 Å². The van der Waals surface area contributed by atoms with Crippen LogP contribution >= 0.6 is 0 Å². The predicted molar refractivity (Wildman–Crippen MR) is 81.6 cm³/mol. The van der Waals surface area contributed by atoms with Gasteiger partial charge in [0.05, 0.1) is 0 Å². The molecule has 5 heteroatoms. The van der Waals surface area contributed by atoms with Crippen LogP contribution in [-0.2, 0) is 14.4 Å². The SMILES string of the molecule is CC(=O)CC[C@@H](NC(=O)C12CC3CC(CC(C3)C1)C2)C(N)=O. The molecule has 122 valence electrons. The number of hydrogen-bond donors (Lipinski definition) is 2. The van der Waals surface area contributed by atoms with Crippen molar-refractivity contribution in [3.63, 3.8) is 0 Å². The molecule has 4 fully saturated rings. The monoisotopic (exact) mass is 306 g/mol. The molecule has 0 aromatic rings. The van der Waals surface area contributed by atoms with Crippen molar-refractivity contribution < 1.29 is 14.4 Å². The lowest BCUT2D eigenvalue weighted by molar-refractivity contribution is -0.148. The van der Waals surface area contributed by atoms with Gasteiger partial charge < -0.3 is 15.8 Å². The summed E-state index contributed by atoms with van der Waals surface area (Å²) in [5.41, 5.74) is 5.12. The van der Waals surface area contributed by atoms with Crippen molar-refractivity contribution in [3.8, 4) is 0 Å². The number of carbonyl (C=O) groups excluding carboxylic acids is 3. The minimum Gasteiger partial charge on any atom is -0.368 e. The average molecular weight is 306 g/mol. The summed E-state index contributed by atoms with van der Waals surface area (Å²) >= 11 is 0. The summed E-state index contributed by atoms with van der Waals surface area (Å²) in [6.07, 6.45) is 7.29. The molecule has 1 atom stereocenters. The van der Waals surface area contributed by atoms with E-state index in [2.05, 4.69) is 5.32 Å². The molecule has 22 heavy (non-hydrogen) atoms. The predicted octanol–water partition coefficient (Wildman–Crippen LogP) is 1.54. The Labute approximate surface area is 131 Å². The Morgan fingerprint density at radius 3 is 2.00 bits per heavy atom. The Balaban J connectivity index is 1.67. The van der Waals surface area contributed by atoms with Crippen molar-refractivity contribution in [1.29, 1.82) is 0 Å². The highest BCUT2D eigenvalue weighted by molar-refractivity contribution is 5.90. The fraction of sp³-hybridized carbons (Fsp3) is 0.824. The summed E-state index contributed by atoms with van der Waals surface area (Å²) in [5, 5.41) is 2.86. The van der Waals surface area contributed by atoms with Crippen LogP contribution in [0.15, 0.2) is 0 Å². The summed E-state index contributed by atoms with van der Waals surface area (Å²) in [4.78, 5) is 35.5. The Hall–Kier alpha value is -1.39. The number of Topliss-reactive ketones (excluding diaryl/α,β-unsaturated/α-hetero) is 1. The van der Waals surface area contributed by atoms with Gasteiger partial charge in [0.2, 0.25) is 11.8 Å². The second-order valence-electron chi connectivity index (χ2n) is 7.87. The molecule has 4 rings (SSSR count). The maximum absolute atomic E-state index is 12.9. The van der Waals surface area contributed by atoms with Crippen LogP contribution in [0.25, 0.3) is 0 Å². The first kappa shape index (κ1) is 15.5. The van der Waals surface area contributed by atoms with E-state index in [0.717, 1.165) is 19.3 Å². The number of nitrogens with one attached hydrogen (secondary N) is 1. The van der Waals surface area contributed by atoms with E-state index >= 15 is 0 Å². The molecule has 4 aliphatic rings. The molecule has 0 aromatic carbocycles. The highest BCUT2D eigenvalue weighted by atomic mass is 16.2. The lowest BCUT2D eigenvalue weighted by atomic mass is 9.49. The number of rotatable bonds is 6. The lowest BCUT2D eigenvalue weighted by Gasteiger charge is -2.55. The Morgan fingerprint density at radius 1 is 1.09 bits per heavy atom. The van der Waals surface area contributed by atoms with E-state index in [1.807, 2.05) is 0 Å². The van der Waals surface area contributed by atoms with Gasteiger partial charge in [-0.3, -0.25) is 9.59 Å². The molecule has 4 aliphatic carbocycles. The van der Waals surface area contributed by atoms with Gasteiger partial charge in [-0.05, 0) is 69.6 Å². The van der Waals surface area contributed by atoms with E-state index in [1.54, 1.807) is 0 Å². The summed E-state index contributed by atoms with van der Waals surface area (Å²) in [5.74, 6) is 1.51. The van der Waals surface area contributed by atoms with Gasteiger partial charge in [-0.2, -0.15) is 0 Å². The highest BCUT2D eigenvalue weighted by Crippen LogP contribution is 2.60. The number of amides is 2. The van der Waals surface area contributed by atoms with E-state index in [-0.39, 0.29) is 23.5 Å². The number of primary amides is 1. The first-order valence-corrected chi connectivity index (χ1v) is 8.48. The third-order valence-corrected chi connectivity index (χ3v) is 5.95. The van der Waals surface area contributed by atoms with E-state index in [9.17, 15) is 14.4 Å². The third kappa shape index (κ3) is 2.90. The number of carbonyl (C=O) groups is 3. The molecule has 0 saturated heterocycles. The van der Waals surface area contributed by atoms with Gasteiger partial charge in [0, 0.05) is 11.8 Å². The van der Waals surface area contributed by atoms with Crippen LogP contribution in [0, 0.1) is 23.2 Å². The van der Waals surface area contributed by atoms with E-state index < -0.39 is 11.9 Å². The zero-order valence-electron chi connectivity index (χ0n) is 13.3. The van der Waals surface area contributed by atoms with Gasteiger partial charge in [-0.1, -0.05) is 0 Å².